The SMILES string of the molecule is CCC[C@@H](Nc1nc(-c2c[nH]c3ncc(Cl)cc23)ncc1F)C(=O)NCC(F)(F)F. The van der Waals surface area contributed by atoms with Gasteiger partial charge in [0.05, 0.1) is 11.2 Å². The number of carbonyl (C=O) groups is 1. The summed E-state index contributed by atoms with van der Waals surface area (Å²) in [6.45, 7) is 0.268. The predicted octanol–water partition coefficient (Wildman–Crippen LogP) is 4.07. The Bertz CT molecular complexity index is 1050. The highest BCUT2D eigenvalue weighted by Crippen LogP contribution is 2.28. The Morgan fingerprint density at radius 1 is 1.30 bits per heavy atom. The molecule has 0 spiro atoms. The minimum atomic E-state index is -4.55. The van der Waals surface area contributed by atoms with Gasteiger partial charge in [-0.2, -0.15) is 13.2 Å². The molecule has 0 bridgehead atoms. The van der Waals surface area contributed by atoms with Crippen molar-refractivity contribution in [1.82, 2.24) is 25.3 Å². The molecule has 0 aromatic carbocycles. The summed E-state index contributed by atoms with van der Waals surface area (Å²) in [6, 6.07) is 0.536. The normalized spacial score (nSPS) is 12.7. The molecule has 3 aromatic rings. The number of fused-ring (bicyclic) bond motifs is 1. The Kier molecular flexibility index (Phi) is 6.40. The maximum atomic E-state index is 14.3. The van der Waals surface area contributed by atoms with E-state index in [1.54, 1.807) is 24.5 Å². The molecule has 0 aliphatic rings. The van der Waals surface area contributed by atoms with Gasteiger partial charge in [-0.25, -0.2) is 19.3 Å². The molecule has 0 aliphatic heterocycles. The molecule has 0 unspecified atom stereocenters. The van der Waals surface area contributed by atoms with Crippen LogP contribution < -0.4 is 10.6 Å². The molecule has 0 saturated heterocycles. The lowest BCUT2D eigenvalue weighted by Gasteiger charge is -2.19. The summed E-state index contributed by atoms with van der Waals surface area (Å²) < 4.78 is 51.5. The largest absolute Gasteiger partial charge is 0.405 e. The summed E-state index contributed by atoms with van der Waals surface area (Å²) in [5.41, 5.74) is 1.02. The second-order valence-electron chi connectivity index (χ2n) is 6.46. The average molecular weight is 445 g/mol. The summed E-state index contributed by atoms with van der Waals surface area (Å²) in [7, 11) is 0. The molecule has 3 N–H and O–H groups in total. The molecule has 1 amide bonds. The van der Waals surface area contributed by atoms with E-state index in [1.165, 1.54) is 6.20 Å². The van der Waals surface area contributed by atoms with Crippen molar-refractivity contribution in [1.29, 1.82) is 0 Å². The molecule has 3 rings (SSSR count). The van der Waals surface area contributed by atoms with Crippen molar-refractivity contribution in [3.8, 4) is 11.4 Å². The number of hydrogen-bond donors (Lipinski definition) is 3. The van der Waals surface area contributed by atoms with Crippen LogP contribution in [0.5, 0.6) is 0 Å². The Balaban J connectivity index is 1.88. The van der Waals surface area contributed by atoms with Gasteiger partial charge in [-0.3, -0.25) is 4.79 Å². The lowest BCUT2D eigenvalue weighted by atomic mass is 10.1. The lowest BCUT2D eigenvalue weighted by Crippen LogP contribution is -2.43. The number of H-pyrrole nitrogens is 1. The molecule has 3 heterocycles. The summed E-state index contributed by atoms with van der Waals surface area (Å²) >= 11 is 5.98. The Hall–Kier alpha value is -2.95. The zero-order chi connectivity index (χ0) is 21.9. The predicted molar refractivity (Wildman–Crippen MR) is 103 cm³/mol. The van der Waals surface area contributed by atoms with Crippen molar-refractivity contribution in [3.63, 3.8) is 0 Å². The molecule has 12 heteroatoms. The smallest absolute Gasteiger partial charge is 0.356 e. The van der Waals surface area contributed by atoms with Crippen LogP contribution in [0.1, 0.15) is 19.8 Å². The Morgan fingerprint density at radius 3 is 2.77 bits per heavy atom. The van der Waals surface area contributed by atoms with Crippen LogP contribution in [0.25, 0.3) is 22.4 Å². The molecule has 0 radical (unpaired) electrons. The van der Waals surface area contributed by atoms with Crippen molar-refractivity contribution < 1.29 is 22.4 Å². The zero-order valence-corrected chi connectivity index (χ0v) is 16.4. The number of halogens is 5. The van der Waals surface area contributed by atoms with E-state index in [2.05, 4.69) is 25.3 Å². The van der Waals surface area contributed by atoms with Crippen LogP contribution in [0, 0.1) is 5.82 Å². The minimum absolute atomic E-state index is 0.125. The van der Waals surface area contributed by atoms with E-state index in [1.807, 2.05) is 0 Å². The summed E-state index contributed by atoms with van der Waals surface area (Å²) in [5, 5.41) is 5.38. The number of rotatable bonds is 7. The molecule has 160 valence electrons. The number of aromatic nitrogens is 4. The quantitative estimate of drug-likeness (QED) is 0.477. The van der Waals surface area contributed by atoms with Gasteiger partial charge in [0.1, 0.15) is 18.2 Å². The molecule has 30 heavy (non-hydrogen) atoms. The third-order valence-electron chi connectivity index (χ3n) is 4.15. The van der Waals surface area contributed by atoms with E-state index in [9.17, 15) is 22.4 Å². The summed E-state index contributed by atoms with van der Waals surface area (Å²) in [6.07, 6.45) is 0.0447. The highest BCUT2D eigenvalue weighted by Gasteiger charge is 2.30. The second-order valence-corrected chi connectivity index (χ2v) is 6.90. The second kappa shape index (κ2) is 8.82. The van der Waals surface area contributed by atoms with Crippen molar-refractivity contribution in [3.05, 3.63) is 35.5 Å². The Labute approximate surface area is 173 Å². The number of anilines is 1. The van der Waals surface area contributed by atoms with Gasteiger partial charge < -0.3 is 15.6 Å². The molecule has 1 atom stereocenters. The highest BCUT2D eigenvalue weighted by molar-refractivity contribution is 6.31. The first-order valence-electron chi connectivity index (χ1n) is 8.94. The molecule has 0 fully saturated rings. The Morgan fingerprint density at radius 2 is 2.07 bits per heavy atom. The van der Waals surface area contributed by atoms with Gasteiger partial charge in [-0.15, -0.1) is 0 Å². The number of aromatic amines is 1. The summed E-state index contributed by atoms with van der Waals surface area (Å²) in [5.74, 6) is -1.93. The molecular formula is C18H17ClF4N6O. The van der Waals surface area contributed by atoms with E-state index in [0.717, 1.165) is 6.20 Å². The maximum absolute atomic E-state index is 14.3. The molecular weight excluding hydrogens is 428 g/mol. The van der Waals surface area contributed by atoms with Gasteiger partial charge >= 0.3 is 6.18 Å². The van der Waals surface area contributed by atoms with E-state index in [4.69, 9.17) is 11.6 Å². The van der Waals surface area contributed by atoms with Crippen LogP contribution in [0.3, 0.4) is 0 Å². The molecule has 7 nitrogen and oxygen atoms in total. The standard InChI is InChI=1S/C18H17ClF4N6O/c1-2-3-13(17(30)27-8-18(21,22)23)28-16-12(20)7-26-15(29-16)11-6-25-14-10(11)4-9(19)5-24-14/h4-7,13H,2-3,8H2,1H3,(H,24,25)(H,27,30)(H,26,28,29)/t13-/m1/s1. The van der Waals surface area contributed by atoms with E-state index in [0.29, 0.717) is 28.0 Å². The minimum Gasteiger partial charge on any atom is -0.356 e. The topological polar surface area (TPSA) is 95.6 Å². The maximum Gasteiger partial charge on any atom is 0.405 e. The third kappa shape index (κ3) is 5.15. The third-order valence-corrected chi connectivity index (χ3v) is 4.36. The van der Waals surface area contributed by atoms with Gasteiger partial charge in [0.15, 0.2) is 17.5 Å². The number of pyridine rings is 1. The van der Waals surface area contributed by atoms with Crippen LogP contribution in [0.15, 0.2) is 24.7 Å². The van der Waals surface area contributed by atoms with Crippen molar-refractivity contribution >= 4 is 34.4 Å². The molecule has 0 saturated carbocycles. The van der Waals surface area contributed by atoms with Crippen molar-refractivity contribution in [2.75, 3.05) is 11.9 Å². The fourth-order valence-electron chi connectivity index (χ4n) is 2.79. The van der Waals surface area contributed by atoms with Crippen LogP contribution in [-0.4, -0.2) is 44.6 Å². The first kappa shape index (κ1) is 21.8. The number of hydrogen-bond acceptors (Lipinski definition) is 5. The zero-order valence-electron chi connectivity index (χ0n) is 15.6. The van der Waals surface area contributed by atoms with Crippen LogP contribution >= 0.6 is 11.6 Å². The van der Waals surface area contributed by atoms with Gasteiger partial charge in [0.25, 0.3) is 0 Å². The number of amides is 1. The van der Waals surface area contributed by atoms with Gasteiger partial charge in [0.2, 0.25) is 5.91 Å². The first-order chi connectivity index (χ1) is 14.2. The molecule has 3 aromatic heterocycles. The first-order valence-corrected chi connectivity index (χ1v) is 9.32. The monoisotopic (exact) mass is 444 g/mol. The lowest BCUT2D eigenvalue weighted by molar-refractivity contribution is -0.138. The van der Waals surface area contributed by atoms with Crippen molar-refractivity contribution in [2.45, 2.75) is 32.0 Å². The highest BCUT2D eigenvalue weighted by atomic mass is 35.5. The average Bonchev–Trinajstić information content (AvgIpc) is 3.09. The number of nitrogens with one attached hydrogen (secondary N) is 3. The number of carbonyl (C=O) groups excluding carboxylic acids is 1. The van der Waals surface area contributed by atoms with E-state index in [-0.39, 0.29) is 18.1 Å². The number of nitrogens with zero attached hydrogens (tertiary/aromatic N) is 3. The van der Waals surface area contributed by atoms with Gasteiger partial charge in [0, 0.05) is 23.3 Å². The van der Waals surface area contributed by atoms with Gasteiger partial charge in [-0.1, -0.05) is 24.9 Å². The number of alkyl halides is 3. The fourth-order valence-corrected chi connectivity index (χ4v) is 2.95. The van der Waals surface area contributed by atoms with Crippen LogP contribution in [0.4, 0.5) is 23.4 Å². The molecule has 0 aliphatic carbocycles. The fraction of sp³-hybridized carbons (Fsp3) is 0.333. The van der Waals surface area contributed by atoms with E-state index >= 15 is 0 Å². The van der Waals surface area contributed by atoms with Gasteiger partial charge in [-0.05, 0) is 12.5 Å². The van der Waals surface area contributed by atoms with Crippen LogP contribution in [-0.2, 0) is 4.79 Å². The van der Waals surface area contributed by atoms with Crippen molar-refractivity contribution in [2.24, 2.45) is 0 Å². The van der Waals surface area contributed by atoms with E-state index < -0.39 is 30.5 Å². The summed E-state index contributed by atoms with van der Waals surface area (Å²) in [4.78, 5) is 27.3. The van der Waals surface area contributed by atoms with Crippen LogP contribution in [0.2, 0.25) is 5.02 Å².